The number of nitrogens with zero attached hydrogens (tertiary/aromatic N) is 1. The SMILES string of the molecule is COC[C@@H]1CN(C(=O)CC(N)=O)CC(C)(C)O1. The monoisotopic (exact) mass is 244 g/mol. The van der Waals surface area contributed by atoms with Crippen molar-refractivity contribution in [1.82, 2.24) is 4.90 Å². The van der Waals surface area contributed by atoms with E-state index in [1.54, 1.807) is 12.0 Å². The molecule has 2 N–H and O–H groups in total. The molecule has 98 valence electrons. The summed E-state index contributed by atoms with van der Waals surface area (Å²) in [5.41, 5.74) is 4.58. The highest BCUT2D eigenvalue weighted by atomic mass is 16.5. The minimum atomic E-state index is -0.609. The Hall–Kier alpha value is -1.14. The summed E-state index contributed by atoms with van der Waals surface area (Å²) in [6, 6.07) is 0. The summed E-state index contributed by atoms with van der Waals surface area (Å²) >= 11 is 0. The van der Waals surface area contributed by atoms with Crippen molar-refractivity contribution in [2.45, 2.75) is 32.0 Å². The molecular weight excluding hydrogens is 224 g/mol. The number of carbonyl (C=O) groups is 2. The first-order valence-corrected chi connectivity index (χ1v) is 5.57. The average Bonchev–Trinajstić information content (AvgIpc) is 2.14. The van der Waals surface area contributed by atoms with E-state index in [0.717, 1.165) is 0 Å². The van der Waals surface area contributed by atoms with Gasteiger partial charge in [0.05, 0.1) is 18.3 Å². The van der Waals surface area contributed by atoms with E-state index in [1.807, 2.05) is 13.8 Å². The van der Waals surface area contributed by atoms with Crippen LogP contribution in [0.2, 0.25) is 0 Å². The molecule has 6 nitrogen and oxygen atoms in total. The molecule has 1 aliphatic rings. The molecule has 0 unspecified atom stereocenters. The normalized spacial score (nSPS) is 23.5. The molecule has 0 aliphatic carbocycles. The second-order valence-corrected chi connectivity index (χ2v) is 4.87. The van der Waals surface area contributed by atoms with Crippen molar-refractivity contribution >= 4 is 11.8 Å². The zero-order chi connectivity index (χ0) is 13.1. The van der Waals surface area contributed by atoms with Crippen molar-refractivity contribution < 1.29 is 19.1 Å². The third kappa shape index (κ3) is 4.32. The molecule has 0 aromatic rings. The molecule has 1 aliphatic heterocycles. The van der Waals surface area contributed by atoms with Gasteiger partial charge in [-0.05, 0) is 13.8 Å². The van der Waals surface area contributed by atoms with E-state index in [1.165, 1.54) is 0 Å². The molecule has 0 bridgehead atoms. The van der Waals surface area contributed by atoms with E-state index >= 15 is 0 Å². The molecular formula is C11H20N2O4. The average molecular weight is 244 g/mol. The molecule has 0 spiro atoms. The van der Waals surface area contributed by atoms with Gasteiger partial charge in [-0.1, -0.05) is 0 Å². The fourth-order valence-corrected chi connectivity index (χ4v) is 2.02. The first kappa shape index (κ1) is 13.9. The second-order valence-electron chi connectivity index (χ2n) is 4.87. The number of morpholine rings is 1. The Bertz CT molecular complexity index is 304. The van der Waals surface area contributed by atoms with Crippen LogP contribution >= 0.6 is 0 Å². The third-order valence-corrected chi connectivity index (χ3v) is 2.51. The number of ether oxygens (including phenoxy) is 2. The lowest BCUT2D eigenvalue weighted by molar-refractivity contribution is -0.169. The molecule has 17 heavy (non-hydrogen) atoms. The molecule has 0 radical (unpaired) electrons. The van der Waals surface area contributed by atoms with E-state index in [4.69, 9.17) is 15.2 Å². The molecule has 1 heterocycles. The van der Waals surface area contributed by atoms with E-state index in [-0.39, 0.29) is 18.4 Å². The highest BCUT2D eigenvalue weighted by Gasteiger charge is 2.35. The standard InChI is InChI=1S/C11H20N2O4/c1-11(2)7-13(10(15)4-9(12)14)5-8(17-11)6-16-3/h8H,4-7H2,1-3H3,(H2,12,14)/t8-/m0/s1. The van der Waals surface area contributed by atoms with Crippen molar-refractivity contribution in [2.24, 2.45) is 5.73 Å². The number of amides is 2. The summed E-state index contributed by atoms with van der Waals surface area (Å²) in [5, 5.41) is 0. The van der Waals surface area contributed by atoms with Gasteiger partial charge in [-0.25, -0.2) is 0 Å². The molecule has 0 aromatic heterocycles. The molecule has 1 atom stereocenters. The fourth-order valence-electron chi connectivity index (χ4n) is 2.02. The molecule has 1 saturated heterocycles. The van der Waals surface area contributed by atoms with Gasteiger partial charge in [-0.15, -0.1) is 0 Å². The first-order chi connectivity index (χ1) is 7.84. The zero-order valence-electron chi connectivity index (χ0n) is 10.6. The third-order valence-electron chi connectivity index (χ3n) is 2.51. The fraction of sp³-hybridized carbons (Fsp3) is 0.818. The van der Waals surface area contributed by atoms with Crippen LogP contribution in [0.3, 0.4) is 0 Å². The van der Waals surface area contributed by atoms with Gasteiger partial charge in [0.1, 0.15) is 6.42 Å². The number of hydrogen-bond donors (Lipinski definition) is 1. The maximum absolute atomic E-state index is 11.8. The van der Waals surface area contributed by atoms with Crippen molar-refractivity contribution in [1.29, 1.82) is 0 Å². The van der Waals surface area contributed by atoms with E-state index in [9.17, 15) is 9.59 Å². The van der Waals surface area contributed by atoms with Gasteiger partial charge in [0.25, 0.3) is 0 Å². The largest absolute Gasteiger partial charge is 0.382 e. The van der Waals surface area contributed by atoms with Crippen LogP contribution in [0.15, 0.2) is 0 Å². The van der Waals surface area contributed by atoms with E-state index in [2.05, 4.69) is 0 Å². The molecule has 6 heteroatoms. The predicted octanol–water partition coefficient (Wildman–Crippen LogP) is -0.486. The minimum Gasteiger partial charge on any atom is -0.382 e. The first-order valence-electron chi connectivity index (χ1n) is 5.57. The van der Waals surface area contributed by atoms with Gasteiger partial charge in [0.2, 0.25) is 11.8 Å². The summed E-state index contributed by atoms with van der Waals surface area (Å²) < 4.78 is 10.8. The Balaban J connectivity index is 2.65. The summed E-state index contributed by atoms with van der Waals surface area (Å²) in [6.45, 7) is 5.12. The summed E-state index contributed by atoms with van der Waals surface area (Å²) in [5.74, 6) is -0.863. The van der Waals surface area contributed by atoms with Gasteiger partial charge < -0.3 is 20.1 Å². The van der Waals surface area contributed by atoms with Crippen LogP contribution in [-0.4, -0.2) is 55.2 Å². The molecule has 1 rings (SSSR count). The Labute approximate surface area is 101 Å². The van der Waals surface area contributed by atoms with Crippen molar-refractivity contribution in [3.8, 4) is 0 Å². The predicted molar refractivity (Wildman–Crippen MR) is 61.2 cm³/mol. The summed E-state index contributed by atoms with van der Waals surface area (Å²) in [7, 11) is 1.58. The lowest BCUT2D eigenvalue weighted by atomic mass is 10.0. The van der Waals surface area contributed by atoms with Gasteiger partial charge in [0.15, 0.2) is 0 Å². The number of nitrogens with two attached hydrogens (primary N) is 1. The van der Waals surface area contributed by atoms with Crippen molar-refractivity contribution in [3.63, 3.8) is 0 Å². The summed E-state index contributed by atoms with van der Waals surface area (Å²) in [6.07, 6.45) is -0.420. The van der Waals surface area contributed by atoms with Gasteiger partial charge in [-0.2, -0.15) is 0 Å². The van der Waals surface area contributed by atoms with Crippen molar-refractivity contribution in [3.05, 3.63) is 0 Å². The lowest BCUT2D eigenvalue weighted by Crippen LogP contribution is -2.56. The molecule has 0 saturated carbocycles. The van der Waals surface area contributed by atoms with Crippen LogP contribution in [0.1, 0.15) is 20.3 Å². The van der Waals surface area contributed by atoms with Crippen molar-refractivity contribution in [2.75, 3.05) is 26.8 Å². The molecule has 0 aromatic carbocycles. The molecule has 2 amide bonds. The number of methoxy groups -OCH3 is 1. The van der Waals surface area contributed by atoms with Crippen LogP contribution < -0.4 is 5.73 Å². The van der Waals surface area contributed by atoms with Gasteiger partial charge >= 0.3 is 0 Å². The maximum atomic E-state index is 11.8. The Morgan fingerprint density at radius 1 is 1.53 bits per heavy atom. The highest BCUT2D eigenvalue weighted by Crippen LogP contribution is 2.21. The van der Waals surface area contributed by atoms with Gasteiger partial charge in [-0.3, -0.25) is 9.59 Å². The van der Waals surface area contributed by atoms with Crippen LogP contribution in [0.5, 0.6) is 0 Å². The quantitative estimate of drug-likeness (QED) is 0.677. The number of primary amides is 1. The lowest BCUT2D eigenvalue weighted by Gasteiger charge is -2.42. The smallest absolute Gasteiger partial charge is 0.232 e. The van der Waals surface area contributed by atoms with Crippen LogP contribution in [0.25, 0.3) is 0 Å². The highest BCUT2D eigenvalue weighted by molar-refractivity contribution is 5.96. The van der Waals surface area contributed by atoms with Crippen LogP contribution in [-0.2, 0) is 19.1 Å². The Morgan fingerprint density at radius 3 is 2.71 bits per heavy atom. The summed E-state index contributed by atoms with van der Waals surface area (Å²) in [4.78, 5) is 24.1. The number of hydrogen-bond acceptors (Lipinski definition) is 4. The molecule has 1 fully saturated rings. The Kier molecular flexibility index (Phi) is 4.47. The minimum absolute atomic E-state index is 0.166. The number of rotatable bonds is 4. The van der Waals surface area contributed by atoms with E-state index in [0.29, 0.717) is 19.7 Å². The van der Waals surface area contributed by atoms with Gasteiger partial charge in [0, 0.05) is 20.2 Å². The van der Waals surface area contributed by atoms with E-state index < -0.39 is 11.5 Å². The number of carbonyl (C=O) groups excluding carboxylic acids is 2. The van der Waals surface area contributed by atoms with Crippen LogP contribution in [0, 0.1) is 0 Å². The topological polar surface area (TPSA) is 81.9 Å². The van der Waals surface area contributed by atoms with Crippen LogP contribution in [0.4, 0.5) is 0 Å². The zero-order valence-corrected chi connectivity index (χ0v) is 10.6. The Morgan fingerprint density at radius 2 is 2.18 bits per heavy atom. The maximum Gasteiger partial charge on any atom is 0.232 e. The second kappa shape index (κ2) is 5.46.